The molecule has 1 heterocycles. The summed E-state index contributed by atoms with van der Waals surface area (Å²) in [6.45, 7) is 1.83. The summed E-state index contributed by atoms with van der Waals surface area (Å²) in [6.07, 6.45) is 1.94. The Labute approximate surface area is 119 Å². The lowest BCUT2D eigenvalue weighted by molar-refractivity contribution is 0.0945. The minimum Gasteiger partial charge on any atom is -0.343 e. The van der Waals surface area contributed by atoms with Gasteiger partial charge in [0, 0.05) is 5.56 Å². The molecule has 0 radical (unpaired) electrons. The number of hydrogen-bond acceptors (Lipinski definition) is 5. The molecular weight excluding hydrogens is 281 g/mol. The lowest BCUT2D eigenvalue weighted by Crippen LogP contribution is -2.23. The van der Waals surface area contributed by atoms with Gasteiger partial charge in [-0.2, -0.15) is 16.7 Å². The fourth-order valence-corrected chi connectivity index (χ4v) is 2.06. The largest absolute Gasteiger partial charge is 0.343 e. The molecule has 0 aliphatic heterocycles. The van der Waals surface area contributed by atoms with Crippen LogP contribution in [0.1, 0.15) is 27.6 Å². The van der Waals surface area contributed by atoms with Gasteiger partial charge in [0.15, 0.2) is 5.82 Å². The highest BCUT2D eigenvalue weighted by Crippen LogP contribution is 2.10. The van der Waals surface area contributed by atoms with Crippen molar-refractivity contribution in [1.82, 2.24) is 15.5 Å². The van der Waals surface area contributed by atoms with Crippen LogP contribution in [-0.2, 0) is 12.3 Å². The number of carbonyl (C=O) groups is 1. The molecular formula is C13H14FN3O2S. The zero-order chi connectivity index (χ0) is 14.5. The van der Waals surface area contributed by atoms with E-state index in [0.717, 1.165) is 0 Å². The van der Waals surface area contributed by atoms with Crippen LogP contribution in [0.2, 0.25) is 0 Å². The highest BCUT2D eigenvalue weighted by atomic mass is 32.2. The number of aromatic nitrogens is 2. The highest BCUT2D eigenvalue weighted by Gasteiger charge is 2.11. The summed E-state index contributed by atoms with van der Waals surface area (Å²) in [5.74, 6) is 0.945. The van der Waals surface area contributed by atoms with Crippen molar-refractivity contribution in [2.45, 2.75) is 19.2 Å². The monoisotopic (exact) mass is 295 g/mol. The van der Waals surface area contributed by atoms with Crippen molar-refractivity contribution in [3.63, 3.8) is 0 Å². The summed E-state index contributed by atoms with van der Waals surface area (Å²) in [4.78, 5) is 16.1. The lowest BCUT2D eigenvalue weighted by atomic mass is 10.1. The molecule has 106 valence electrons. The van der Waals surface area contributed by atoms with Gasteiger partial charge in [-0.25, -0.2) is 4.39 Å². The molecule has 0 unspecified atom stereocenters. The summed E-state index contributed by atoms with van der Waals surface area (Å²) in [7, 11) is 0. The Morgan fingerprint density at radius 1 is 1.50 bits per heavy atom. The Bertz CT molecular complexity index is 615. The quantitative estimate of drug-likeness (QED) is 0.916. The maximum Gasteiger partial charge on any atom is 0.251 e. The summed E-state index contributed by atoms with van der Waals surface area (Å²) in [6, 6.07) is 4.02. The normalized spacial score (nSPS) is 10.6. The molecule has 0 aliphatic carbocycles. The first-order chi connectivity index (χ1) is 9.60. The first kappa shape index (κ1) is 14.5. The predicted molar refractivity (Wildman–Crippen MR) is 73.8 cm³/mol. The van der Waals surface area contributed by atoms with Crippen LogP contribution in [0.3, 0.4) is 0 Å². The first-order valence-corrected chi connectivity index (χ1v) is 7.34. The maximum atomic E-state index is 13.0. The zero-order valence-electron chi connectivity index (χ0n) is 11.1. The molecule has 7 heteroatoms. The van der Waals surface area contributed by atoms with Crippen molar-refractivity contribution in [3.8, 4) is 0 Å². The molecule has 1 aromatic heterocycles. The average Bonchev–Trinajstić information content (AvgIpc) is 2.84. The van der Waals surface area contributed by atoms with Gasteiger partial charge in [-0.3, -0.25) is 4.79 Å². The minimum atomic E-state index is -0.363. The molecule has 1 amide bonds. The van der Waals surface area contributed by atoms with E-state index >= 15 is 0 Å². The third-order valence-electron chi connectivity index (χ3n) is 2.62. The van der Waals surface area contributed by atoms with Crippen LogP contribution in [0.4, 0.5) is 4.39 Å². The number of hydrogen-bond donors (Lipinski definition) is 1. The third-order valence-corrected chi connectivity index (χ3v) is 3.16. The second-order valence-electron chi connectivity index (χ2n) is 4.18. The van der Waals surface area contributed by atoms with E-state index in [0.29, 0.717) is 28.6 Å². The van der Waals surface area contributed by atoms with Crippen LogP contribution in [0.15, 0.2) is 22.7 Å². The number of rotatable bonds is 5. The highest BCUT2D eigenvalue weighted by molar-refractivity contribution is 7.97. The van der Waals surface area contributed by atoms with Crippen molar-refractivity contribution < 1.29 is 13.7 Å². The van der Waals surface area contributed by atoms with Gasteiger partial charge in [-0.05, 0) is 36.9 Å². The molecule has 0 spiro atoms. The van der Waals surface area contributed by atoms with Crippen LogP contribution in [-0.4, -0.2) is 22.3 Å². The minimum absolute atomic E-state index is 0.150. The van der Waals surface area contributed by atoms with Gasteiger partial charge in [-0.1, -0.05) is 5.16 Å². The predicted octanol–water partition coefficient (Wildman–Crippen LogP) is 2.31. The molecule has 1 N–H and O–H groups in total. The number of benzene rings is 1. The Balaban J connectivity index is 1.97. The lowest BCUT2D eigenvalue weighted by Gasteiger charge is -2.05. The number of nitrogens with one attached hydrogen (secondary N) is 1. The van der Waals surface area contributed by atoms with Gasteiger partial charge in [0.2, 0.25) is 5.89 Å². The molecule has 20 heavy (non-hydrogen) atoms. The molecule has 0 saturated carbocycles. The third kappa shape index (κ3) is 3.57. The molecule has 0 bridgehead atoms. The van der Waals surface area contributed by atoms with Crippen LogP contribution in [0.25, 0.3) is 0 Å². The SMILES string of the molecule is CSCc1noc(CNC(=O)c2ccc(F)cc2C)n1. The van der Waals surface area contributed by atoms with E-state index < -0.39 is 0 Å². The van der Waals surface area contributed by atoms with E-state index in [2.05, 4.69) is 15.5 Å². The van der Waals surface area contributed by atoms with E-state index in [1.54, 1.807) is 18.7 Å². The fourth-order valence-electron chi connectivity index (χ4n) is 1.68. The van der Waals surface area contributed by atoms with Crippen LogP contribution >= 0.6 is 11.8 Å². The van der Waals surface area contributed by atoms with Crippen molar-refractivity contribution in [2.75, 3.05) is 6.26 Å². The zero-order valence-corrected chi connectivity index (χ0v) is 12.0. The Hall–Kier alpha value is -1.89. The van der Waals surface area contributed by atoms with Gasteiger partial charge in [0.05, 0.1) is 12.3 Å². The van der Waals surface area contributed by atoms with Crippen LogP contribution in [0.5, 0.6) is 0 Å². The molecule has 1 aromatic carbocycles. The number of carbonyl (C=O) groups excluding carboxylic acids is 1. The van der Waals surface area contributed by atoms with E-state index in [1.165, 1.54) is 18.2 Å². The Morgan fingerprint density at radius 3 is 3.00 bits per heavy atom. The molecule has 0 aliphatic rings. The number of nitrogens with zero attached hydrogens (tertiary/aromatic N) is 2. The van der Waals surface area contributed by atoms with Crippen molar-refractivity contribution in [2.24, 2.45) is 0 Å². The van der Waals surface area contributed by atoms with Gasteiger partial charge in [0.25, 0.3) is 5.91 Å². The van der Waals surface area contributed by atoms with Gasteiger partial charge in [-0.15, -0.1) is 0 Å². The van der Waals surface area contributed by atoms with Crippen LogP contribution in [0, 0.1) is 12.7 Å². The fraction of sp³-hybridized carbons (Fsp3) is 0.308. The Morgan fingerprint density at radius 2 is 2.30 bits per heavy atom. The van der Waals surface area contributed by atoms with Gasteiger partial charge < -0.3 is 9.84 Å². The molecule has 2 rings (SSSR count). The van der Waals surface area contributed by atoms with Crippen molar-refractivity contribution in [1.29, 1.82) is 0 Å². The topological polar surface area (TPSA) is 68.0 Å². The van der Waals surface area contributed by atoms with Crippen molar-refractivity contribution in [3.05, 3.63) is 46.9 Å². The molecule has 0 saturated heterocycles. The number of thioether (sulfide) groups is 1. The summed E-state index contributed by atoms with van der Waals surface area (Å²) < 4.78 is 18.0. The van der Waals surface area contributed by atoms with Crippen LogP contribution < -0.4 is 5.32 Å². The summed E-state index contributed by atoms with van der Waals surface area (Å²) in [5.41, 5.74) is 1.01. The smallest absolute Gasteiger partial charge is 0.251 e. The Kier molecular flexibility index (Phi) is 4.73. The van der Waals surface area contributed by atoms with E-state index in [4.69, 9.17) is 4.52 Å². The van der Waals surface area contributed by atoms with Crippen molar-refractivity contribution >= 4 is 17.7 Å². The summed E-state index contributed by atoms with van der Waals surface area (Å²) in [5, 5.41) is 6.44. The second-order valence-corrected chi connectivity index (χ2v) is 5.05. The molecule has 2 aromatic rings. The number of halogens is 1. The first-order valence-electron chi connectivity index (χ1n) is 5.95. The van der Waals surface area contributed by atoms with Gasteiger partial charge in [0.1, 0.15) is 5.82 Å². The van der Waals surface area contributed by atoms with Gasteiger partial charge >= 0.3 is 0 Å². The molecule has 5 nitrogen and oxygen atoms in total. The average molecular weight is 295 g/mol. The summed E-state index contributed by atoms with van der Waals surface area (Å²) >= 11 is 1.58. The maximum absolute atomic E-state index is 13.0. The van der Waals surface area contributed by atoms with E-state index in [1.807, 2.05) is 6.26 Å². The standard InChI is InChI=1S/C13H14FN3O2S/c1-8-5-9(14)3-4-10(8)13(18)15-6-12-16-11(7-20-2)17-19-12/h3-5H,6-7H2,1-2H3,(H,15,18). The van der Waals surface area contributed by atoms with E-state index in [-0.39, 0.29) is 18.3 Å². The molecule has 0 atom stereocenters. The second kappa shape index (κ2) is 6.51. The van der Waals surface area contributed by atoms with E-state index in [9.17, 15) is 9.18 Å². The molecule has 0 fully saturated rings. The number of amides is 1. The number of aryl methyl sites for hydroxylation is 1.